The quantitative estimate of drug-likeness (QED) is 0.805. The highest BCUT2D eigenvalue weighted by Gasteiger charge is 2.12. The average Bonchev–Trinajstić information content (AvgIpc) is 2.43. The molecule has 5 nitrogen and oxygen atoms in total. The number of aromatic carboxylic acids is 1. The van der Waals surface area contributed by atoms with E-state index in [0.717, 1.165) is 5.56 Å². The molecule has 0 aliphatic carbocycles. The van der Waals surface area contributed by atoms with Crippen molar-refractivity contribution in [3.05, 3.63) is 59.2 Å². The van der Waals surface area contributed by atoms with E-state index in [2.05, 4.69) is 5.32 Å². The monoisotopic (exact) mass is 285 g/mol. The van der Waals surface area contributed by atoms with E-state index in [1.165, 1.54) is 18.2 Å². The van der Waals surface area contributed by atoms with Crippen LogP contribution in [0.1, 0.15) is 21.5 Å². The first-order chi connectivity index (χ1) is 9.97. The number of carbonyl (C=O) groups is 2. The zero-order valence-corrected chi connectivity index (χ0v) is 11.5. The first-order valence-electron chi connectivity index (χ1n) is 6.38. The Bertz CT molecular complexity index is 677. The molecule has 2 aromatic carbocycles. The van der Waals surface area contributed by atoms with Crippen molar-refractivity contribution >= 4 is 17.6 Å². The summed E-state index contributed by atoms with van der Waals surface area (Å²) >= 11 is 0. The smallest absolute Gasteiger partial charge is 0.336 e. The third-order valence-electron chi connectivity index (χ3n) is 3.14. The molecule has 0 aliphatic rings. The van der Waals surface area contributed by atoms with E-state index < -0.39 is 5.97 Å². The molecule has 3 N–H and O–H groups in total. The fourth-order valence-corrected chi connectivity index (χ4v) is 2.00. The largest absolute Gasteiger partial charge is 0.508 e. The van der Waals surface area contributed by atoms with Gasteiger partial charge in [-0.1, -0.05) is 18.2 Å². The van der Waals surface area contributed by atoms with Gasteiger partial charge in [0, 0.05) is 5.69 Å². The number of anilines is 1. The van der Waals surface area contributed by atoms with Gasteiger partial charge >= 0.3 is 5.97 Å². The van der Waals surface area contributed by atoms with E-state index in [9.17, 15) is 14.7 Å². The number of carboxylic acid groups (broad SMARTS) is 1. The molecule has 0 aromatic heterocycles. The number of rotatable bonds is 4. The summed E-state index contributed by atoms with van der Waals surface area (Å²) in [7, 11) is 0. The van der Waals surface area contributed by atoms with Crippen molar-refractivity contribution in [2.24, 2.45) is 0 Å². The summed E-state index contributed by atoms with van der Waals surface area (Å²) in [5.74, 6) is -1.13. The van der Waals surface area contributed by atoms with Crippen LogP contribution >= 0.6 is 0 Å². The summed E-state index contributed by atoms with van der Waals surface area (Å²) in [5, 5.41) is 20.9. The number of benzene rings is 2. The van der Waals surface area contributed by atoms with Crippen LogP contribution in [0, 0.1) is 6.92 Å². The van der Waals surface area contributed by atoms with Crippen molar-refractivity contribution in [1.29, 1.82) is 0 Å². The van der Waals surface area contributed by atoms with Crippen molar-refractivity contribution in [2.75, 3.05) is 5.32 Å². The second kappa shape index (κ2) is 6.09. The van der Waals surface area contributed by atoms with E-state index >= 15 is 0 Å². The summed E-state index contributed by atoms with van der Waals surface area (Å²) in [6, 6.07) is 11.1. The second-order valence-corrected chi connectivity index (χ2v) is 4.67. The van der Waals surface area contributed by atoms with Gasteiger partial charge in [-0.15, -0.1) is 0 Å². The summed E-state index contributed by atoms with van der Waals surface area (Å²) in [6.45, 7) is 1.65. The van der Waals surface area contributed by atoms with Gasteiger partial charge in [0.05, 0.1) is 12.0 Å². The predicted octanol–water partition coefficient (Wildman–Crippen LogP) is 2.58. The van der Waals surface area contributed by atoms with Crippen molar-refractivity contribution in [1.82, 2.24) is 0 Å². The Morgan fingerprint density at radius 1 is 1.10 bits per heavy atom. The molecular weight excluding hydrogens is 270 g/mol. The van der Waals surface area contributed by atoms with Gasteiger partial charge in [0.1, 0.15) is 5.75 Å². The Hall–Kier alpha value is -2.82. The van der Waals surface area contributed by atoms with Gasteiger partial charge in [-0.2, -0.15) is 0 Å². The summed E-state index contributed by atoms with van der Waals surface area (Å²) in [5.41, 5.74) is 1.93. The van der Waals surface area contributed by atoms with Crippen LogP contribution in [0.25, 0.3) is 0 Å². The molecule has 0 fully saturated rings. The van der Waals surface area contributed by atoms with Crippen molar-refractivity contribution in [3.8, 4) is 5.75 Å². The van der Waals surface area contributed by atoms with Crippen LogP contribution in [0.4, 0.5) is 5.69 Å². The molecule has 0 heterocycles. The Morgan fingerprint density at radius 3 is 2.38 bits per heavy atom. The zero-order valence-electron chi connectivity index (χ0n) is 11.5. The highest BCUT2D eigenvalue weighted by atomic mass is 16.4. The molecule has 0 bridgehead atoms. The van der Waals surface area contributed by atoms with Gasteiger partial charge in [-0.3, -0.25) is 4.79 Å². The average molecular weight is 285 g/mol. The second-order valence-electron chi connectivity index (χ2n) is 4.67. The standard InChI is InChI=1S/C16H15NO4/c1-10-13(16(20)21)3-2-4-14(10)17-15(19)9-11-5-7-12(18)8-6-11/h2-8,18H,9H2,1H3,(H,17,19)(H,20,21). The number of hydrogen-bond donors (Lipinski definition) is 3. The van der Waals surface area contributed by atoms with Gasteiger partial charge in [-0.05, 0) is 42.3 Å². The van der Waals surface area contributed by atoms with Crippen molar-refractivity contribution in [2.45, 2.75) is 13.3 Å². The first kappa shape index (κ1) is 14.6. The molecule has 2 aromatic rings. The first-order valence-corrected chi connectivity index (χ1v) is 6.38. The lowest BCUT2D eigenvalue weighted by atomic mass is 10.1. The van der Waals surface area contributed by atoms with E-state index in [1.54, 1.807) is 31.2 Å². The van der Waals surface area contributed by atoms with Crippen LogP contribution in [-0.2, 0) is 11.2 Å². The minimum Gasteiger partial charge on any atom is -0.508 e. The number of phenols is 1. The minimum absolute atomic E-state index is 0.143. The number of nitrogens with one attached hydrogen (secondary N) is 1. The van der Waals surface area contributed by atoms with Gasteiger partial charge < -0.3 is 15.5 Å². The number of aromatic hydroxyl groups is 1. The molecule has 0 aliphatic heterocycles. The van der Waals surface area contributed by atoms with Gasteiger partial charge in [-0.25, -0.2) is 4.79 Å². The fourth-order valence-electron chi connectivity index (χ4n) is 2.00. The molecule has 21 heavy (non-hydrogen) atoms. The molecule has 0 atom stereocenters. The number of carbonyl (C=O) groups excluding carboxylic acids is 1. The highest BCUT2D eigenvalue weighted by Crippen LogP contribution is 2.19. The number of hydrogen-bond acceptors (Lipinski definition) is 3. The molecule has 0 saturated heterocycles. The Morgan fingerprint density at radius 2 is 1.76 bits per heavy atom. The third-order valence-corrected chi connectivity index (χ3v) is 3.14. The van der Waals surface area contributed by atoms with Crippen molar-refractivity contribution < 1.29 is 19.8 Å². The maximum Gasteiger partial charge on any atom is 0.336 e. The lowest BCUT2D eigenvalue weighted by Gasteiger charge is -2.10. The number of phenolic OH excluding ortho intramolecular Hbond substituents is 1. The maximum absolute atomic E-state index is 12.0. The summed E-state index contributed by atoms with van der Waals surface area (Å²) in [6.07, 6.45) is 0.150. The van der Waals surface area contributed by atoms with Crippen molar-refractivity contribution in [3.63, 3.8) is 0 Å². The molecular formula is C16H15NO4. The number of carboxylic acids is 1. The highest BCUT2D eigenvalue weighted by molar-refractivity contribution is 5.96. The summed E-state index contributed by atoms with van der Waals surface area (Å²) < 4.78 is 0. The zero-order chi connectivity index (χ0) is 15.4. The van der Waals surface area contributed by atoms with E-state index in [4.69, 9.17) is 5.11 Å². The van der Waals surface area contributed by atoms with Crippen LogP contribution in [-0.4, -0.2) is 22.1 Å². The predicted molar refractivity (Wildman–Crippen MR) is 78.6 cm³/mol. The van der Waals surface area contributed by atoms with Crippen LogP contribution in [0.2, 0.25) is 0 Å². The fraction of sp³-hybridized carbons (Fsp3) is 0.125. The molecule has 1 amide bonds. The molecule has 0 saturated carbocycles. The lowest BCUT2D eigenvalue weighted by molar-refractivity contribution is -0.115. The molecule has 0 spiro atoms. The Balaban J connectivity index is 2.11. The van der Waals surface area contributed by atoms with Gasteiger partial charge in [0.2, 0.25) is 5.91 Å². The molecule has 0 unspecified atom stereocenters. The van der Waals surface area contributed by atoms with Crippen LogP contribution < -0.4 is 5.32 Å². The van der Waals surface area contributed by atoms with Crippen LogP contribution in [0.3, 0.4) is 0 Å². The van der Waals surface area contributed by atoms with E-state index in [1.807, 2.05) is 0 Å². The Kier molecular flexibility index (Phi) is 4.23. The lowest BCUT2D eigenvalue weighted by Crippen LogP contribution is -2.16. The van der Waals surface area contributed by atoms with E-state index in [0.29, 0.717) is 11.3 Å². The summed E-state index contributed by atoms with van der Waals surface area (Å²) in [4.78, 5) is 23.0. The van der Waals surface area contributed by atoms with E-state index in [-0.39, 0.29) is 23.6 Å². The topological polar surface area (TPSA) is 86.6 Å². The number of amides is 1. The SMILES string of the molecule is Cc1c(NC(=O)Cc2ccc(O)cc2)cccc1C(=O)O. The maximum atomic E-state index is 12.0. The molecule has 108 valence electrons. The minimum atomic E-state index is -1.03. The van der Waals surface area contributed by atoms with Crippen LogP contribution in [0.15, 0.2) is 42.5 Å². The van der Waals surface area contributed by atoms with Crippen LogP contribution in [0.5, 0.6) is 5.75 Å². The van der Waals surface area contributed by atoms with Gasteiger partial charge in [0.15, 0.2) is 0 Å². The Labute approximate surface area is 121 Å². The molecule has 0 radical (unpaired) electrons. The third kappa shape index (κ3) is 3.60. The molecule has 2 rings (SSSR count). The normalized spacial score (nSPS) is 10.1. The molecule has 5 heteroatoms. The van der Waals surface area contributed by atoms with Gasteiger partial charge in [0.25, 0.3) is 0 Å².